The highest BCUT2D eigenvalue weighted by Gasteiger charge is 2.43. The summed E-state index contributed by atoms with van der Waals surface area (Å²) in [6.07, 6.45) is 10.1. The van der Waals surface area contributed by atoms with Crippen LogP contribution < -0.4 is 0 Å². The highest BCUT2D eigenvalue weighted by molar-refractivity contribution is 5.26. The normalized spacial score (nSPS) is 49.6. The van der Waals surface area contributed by atoms with E-state index in [2.05, 4.69) is 6.08 Å². The standard InChI is InChI=1S/C10H14/c1-2-7-6-8-4-5-10(8)9(7)3-1/h6-7,9-10H,1-5H2. The molecule has 3 aliphatic carbocycles. The molecule has 0 heteroatoms. The van der Waals surface area contributed by atoms with Crippen LogP contribution in [0.25, 0.3) is 0 Å². The number of allylic oxidation sites excluding steroid dienone is 2. The van der Waals surface area contributed by atoms with E-state index in [4.69, 9.17) is 0 Å². The summed E-state index contributed by atoms with van der Waals surface area (Å²) in [4.78, 5) is 0. The van der Waals surface area contributed by atoms with Gasteiger partial charge in [-0.3, -0.25) is 0 Å². The Bertz CT molecular complexity index is 190. The molecule has 3 rings (SSSR count). The second-order valence-electron chi connectivity index (χ2n) is 4.15. The molecule has 0 aromatic rings. The van der Waals surface area contributed by atoms with Gasteiger partial charge in [0.05, 0.1) is 0 Å². The number of hydrogen-bond acceptors (Lipinski definition) is 0. The van der Waals surface area contributed by atoms with E-state index in [9.17, 15) is 0 Å². The Hall–Kier alpha value is -0.260. The van der Waals surface area contributed by atoms with Gasteiger partial charge in [0, 0.05) is 0 Å². The topological polar surface area (TPSA) is 0 Å². The molecule has 0 N–H and O–H groups in total. The summed E-state index contributed by atoms with van der Waals surface area (Å²) < 4.78 is 0. The number of rotatable bonds is 0. The largest absolute Gasteiger partial charge is 0.0816 e. The molecule has 0 radical (unpaired) electrons. The lowest BCUT2D eigenvalue weighted by molar-refractivity contribution is 0.300. The van der Waals surface area contributed by atoms with Crippen molar-refractivity contribution in [3.63, 3.8) is 0 Å². The molecular weight excluding hydrogens is 120 g/mol. The van der Waals surface area contributed by atoms with Crippen LogP contribution in [0.4, 0.5) is 0 Å². The molecule has 0 aliphatic heterocycles. The van der Waals surface area contributed by atoms with Crippen molar-refractivity contribution in [2.75, 3.05) is 0 Å². The van der Waals surface area contributed by atoms with Crippen molar-refractivity contribution in [3.05, 3.63) is 11.6 Å². The average molecular weight is 134 g/mol. The van der Waals surface area contributed by atoms with Crippen LogP contribution in [0.1, 0.15) is 32.1 Å². The fraction of sp³-hybridized carbons (Fsp3) is 0.800. The Morgan fingerprint density at radius 2 is 2.20 bits per heavy atom. The minimum Gasteiger partial charge on any atom is -0.0816 e. The predicted molar refractivity (Wildman–Crippen MR) is 41.6 cm³/mol. The summed E-state index contributed by atoms with van der Waals surface area (Å²) in [7, 11) is 0. The van der Waals surface area contributed by atoms with Crippen molar-refractivity contribution < 1.29 is 0 Å². The van der Waals surface area contributed by atoms with Crippen molar-refractivity contribution in [2.24, 2.45) is 17.8 Å². The maximum absolute atomic E-state index is 2.60. The highest BCUT2D eigenvalue weighted by atomic mass is 14.5. The monoisotopic (exact) mass is 134 g/mol. The van der Waals surface area contributed by atoms with Gasteiger partial charge in [-0.2, -0.15) is 0 Å². The average Bonchev–Trinajstić information content (AvgIpc) is 2.35. The first-order valence-electron chi connectivity index (χ1n) is 4.66. The van der Waals surface area contributed by atoms with Crippen LogP contribution in [0.2, 0.25) is 0 Å². The summed E-state index contributed by atoms with van der Waals surface area (Å²) >= 11 is 0. The summed E-state index contributed by atoms with van der Waals surface area (Å²) in [5.74, 6) is 3.22. The van der Waals surface area contributed by atoms with E-state index in [-0.39, 0.29) is 0 Å². The van der Waals surface area contributed by atoms with Gasteiger partial charge in [-0.15, -0.1) is 0 Å². The smallest absolute Gasteiger partial charge is 0.0166 e. The third kappa shape index (κ3) is 0.492. The molecule has 0 aromatic carbocycles. The van der Waals surface area contributed by atoms with E-state index in [1.807, 2.05) is 5.57 Å². The van der Waals surface area contributed by atoms with Gasteiger partial charge >= 0.3 is 0 Å². The van der Waals surface area contributed by atoms with Gasteiger partial charge in [0.15, 0.2) is 0 Å². The third-order valence-corrected chi connectivity index (χ3v) is 3.79. The first-order valence-corrected chi connectivity index (χ1v) is 4.66. The lowest BCUT2D eigenvalue weighted by Crippen LogP contribution is -2.19. The second kappa shape index (κ2) is 1.66. The molecule has 0 amide bonds. The molecule has 0 heterocycles. The van der Waals surface area contributed by atoms with E-state index in [0.29, 0.717) is 0 Å². The summed E-state index contributed by atoms with van der Waals surface area (Å²) in [6.45, 7) is 0. The summed E-state index contributed by atoms with van der Waals surface area (Å²) in [5, 5.41) is 0. The Morgan fingerprint density at radius 1 is 1.20 bits per heavy atom. The first-order chi connectivity index (χ1) is 4.95. The SMILES string of the molecule is C1=C2CCC2C2CCCC12. The summed E-state index contributed by atoms with van der Waals surface area (Å²) in [5.41, 5.74) is 1.83. The molecule has 3 aliphatic rings. The first kappa shape index (κ1) is 5.40. The van der Waals surface area contributed by atoms with E-state index in [0.717, 1.165) is 17.8 Å². The van der Waals surface area contributed by atoms with Gasteiger partial charge in [-0.05, 0) is 43.4 Å². The van der Waals surface area contributed by atoms with Crippen molar-refractivity contribution in [2.45, 2.75) is 32.1 Å². The maximum Gasteiger partial charge on any atom is -0.0166 e. The van der Waals surface area contributed by atoms with Gasteiger partial charge in [-0.1, -0.05) is 18.1 Å². The van der Waals surface area contributed by atoms with Crippen molar-refractivity contribution in [3.8, 4) is 0 Å². The Morgan fingerprint density at radius 3 is 3.00 bits per heavy atom. The molecule has 54 valence electrons. The maximum atomic E-state index is 2.60. The van der Waals surface area contributed by atoms with Gasteiger partial charge in [-0.25, -0.2) is 0 Å². The molecule has 2 fully saturated rings. The highest BCUT2D eigenvalue weighted by Crippen LogP contribution is 2.54. The van der Waals surface area contributed by atoms with Crippen LogP contribution in [0, 0.1) is 17.8 Å². The minimum absolute atomic E-state index is 1.03. The van der Waals surface area contributed by atoms with E-state index in [1.54, 1.807) is 0 Å². The Balaban J connectivity index is 1.94. The molecular formula is C10H14. The van der Waals surface area contributed by atoms with Crippen LogP contribution in [0.15, 0.2) is 11.6 Å². The molecule has 3 atom stereocenters. The zero-order valence-corrected chi connectivity index (χ0v) is 6.34. The van der Waals surface area contributed by atoms with E-state index < -0.39 is 0 Å². The van der Waals surface area contributed by atoms with Crippen LogP contribution in [0.5, 0.6) is 0 Å². The predicted octanol–water partition coefficient (Wildman–Crippen LogP) is 2.75. The van der Waals surface area contributed by atoms with Gasteiger partial charge in [0.2, 0.25) is 0 Å². The van der Waals surface area contributed by atoms with Gasteiger partial charge in [0.25, 0.3) is 0 Å². The van der Waals surface area contributed by atoms with Gasteiger partial charge in [0.1, 0.15) is 0 Å². The number of fused-ring (bicyclic) bond motifs is 3. The van der Waals surface area contributed by atoms with Crippen molar-refractivity contribution >= 4 is 0 Å². The zero-order valence-electron chi connectivity index (χ0n) is 6.34. The number of hydrogen-bond donors (Lipinski definition) is 0. The molecule has 2 saturated carbocycles. The molecule has 0 saturated heterocycles. The molecule has 10 heavy (non-hydrogen) atoms. The van der Waals surface area contributed by atoms with Crippen molar-refractivity contribution in [1.29, 1.82) is 0 Å². The third-order valence-electron chi connectivity index (χ3n) is 3.79. The molecule has 3 unspecified atom stereocenters. The minimum atomic E-state index is 1.03. The second-order valence-corrected chi connectivity index (χ2v) is 4.15. The van der Waals surface area contributed by atoms with Crippen LogP contribution in [-0.4, -0.2) is 0 Å². The Kier molecular flexibility index (Phi) is 0.898. The Labute approximate surface area is 62.3 Å². The van der Waals surface area contributed by atoms with Crippen LogP contribution >= 0.6 is 0 Å². The van der Waals surface area contributed by atoms with Gasteiger partial charge < -0.3 is 0 Å². The molecule has 0 spiro atoms. The summed E-state index contributed by atoms with van der Waals surface area (Å²) in [6, 6.07) is 0. The fourth-order valence-electron chi connectivity index (χ4n) is 3.17. The van der Waals surface area contributed by atoms with Crippen LogP contribution in [-0.2, 0) is 0 Å². The lowest BCUT2D eigenvalue weighted by Gasteiger charge is -2.30. The molecule has 0 nitrogen and oxygen atoms in total. The zero-order chi connectivity index (χ0) is 6.55. The quantitative estimate of drug-likeness (QED) is 0.447. The lowest BCUT2D eigenvalue weighted by atomic mass is 9.75. The van der Waals surface area contributed by atoms with E-state index >= 15 is 0 Å². The fourth-order valence-corrected chi connectivity index (χ4v) is 3.17. The van der Waals surface area contributed by atoms with Crippen molar-refractivity contribution in [1.82, 2.24) is 0 Å². The molecule has 0 bridgehead atoms. The van der Waals surface area contributed by atoms with Crippen LogP contribution in [0.3, 0.4) is 0 Å². The van der Waals surface area contributed by atoms with E-state index in [1.165, 1.54) is 32.1 Å². The molecule has 0 aromatic heterocycles.